The van der Waals surface area contributed by atoms with Gasteiger partial charge in [-0.1, -0.05) is 25.1 Å². The zero-order valence-corrected chi connectivity index (χ0v) is 8.66. The lowest BCUT2D eigenvalue weighted by atomic mass is 10.00. The molecule has 0 saturated heterocycles. The van der Waals surface area contributed by atoms with Crippen molar-refractivity contribution >= 4 is 12.0 Å². The maximum Gasteiger partial charge on any atom is 0.124 e. The fourth-order valence-corrected chi connectivity index (χ4v) is 2.33. The van der Waals surface area contributed by atoms with Gasteiger partial charge in [0.25, 0.3) is 0 Å². The summed E-state index contributed by atoms with van der Waals surface area (Å²) >= 11 is 0. The van der Waals surface area contributed by atoms with Gasteiger partial charge in [0.05, 0.1) is 0 Å². The van der Waals surface area contributed by atoms with Crippen molar-refractivity contribution < 1.29 is 4.79 Å². The zero-order valence-electron chi connectivity index (χ0n) is 8.66. The largest absolute Gasteiger partial charge is 0.374 e. The van der Waals surface area contributed by atoms with E-state index in [1.165, 1.54) is 11.3 Å². The van der Waals surface area contributed by atoms with Crippen molar-refractivity contribution in [1.82, 2.24) is 0 Å². The van der Waals surface area contributed by atoms with Gasteiger partial charge in [0.1, 0.15) is 6.29 Å². The van der Waals surface area contributed by atoms with Crippen LogP contribution in [0.15, 0.2) is 18.2 Å². The van der Waals surface area contributed by atoms with E-state index in [-0.39, 0.29) is 0 Å². The number of para-hydroxylation sites is 1. The molecule has 0 saturated carbocycles. The first-order valence-electron chi connectivity index (χ1n) is 5.00. The molecular formula is C12H15NO. The van der Waals surface area contributed by atoms with Crippen molar-refractivity contribution in [3.8, 4) is 0 Å². The van der Waals surface area contributed by atoms with E-state index in [0.717, 1.165) is 18.4 Å². The molecule has 0 amide bonds. The summed E-state index contributed by atoms with van der Waals surface area (Å²) in [6.45, 7) is 3.29. The highest BCUT2D eigenvalue weighted by Crippen LogP contribution is 2.37. The molecule has 0 aliphatic carbocycles. The predicted molar refractivity (Wildman–Crippen MR) is 57.9 cm³/mol. The molecule has 2 nitrogen and oxygen atoms in total. The molecule has 1 aromatic carbocycles. The summed E-state index contributed by atoms with van der Waals surface area (Å²) in [6, 6.07) is 6.26. The Morgan fingerprint density at radius 1 is 1.57 bits per heavy atom. The highest BCUT2D eigenvalue weighted by atomic mass is 16.1. The third kappa shape index (κ3) is 1.31. The van der Waals surface area contributed by atoms with Crippen molar-refractivity contribution in [3.63, 3.8) is 0 Å². The average molecular weight is 189 g/mol. The molecule has 0 bridgehead atoms. The first-order chi connectivity index (χ1) is 6.74. The molecule has 0 N–H and O–H groups in total. The minimum absolute atomic E-state index is 0.528. The molecule has 14 heavy (non-hydrogen) atoms. The summed E-state index contributed by atoms with van der Waals surface area (Å²) in [7, 11) is 2.09. The Morgan fingerprint density at radius 3 is 3.07 bits per heavy atom. The maximum atomic E-state index is 10.5. The van der Waals surface area contributed by atoms with Crippen molar-refractivity contribution in [1.29, 1.82) is 0 Å². The molecule has 1 aromatic rings. The van der Waals surface area contributed by atoms with Gasteiger partial charge in [-0.05, 0) is 11.1 Å². The lowest BCUT2D eigenvalue weighted by molar-refractivity contribution is -0.107. The number of hydrogen-bond donors (Lipinski definition) is 0. The molecule has 1 unspecified atom stereocenters. The molecule has 0 aromatic heterocycles. The molecule has 1 atom stereocenters. The van der Waals surface area contributed by atoms with E-state index in [0.29, 0.717) is 12.3 Å². The van der Waals surface area contributed by atoms with Crippen LogP contribution >= 0.6 is 0 Å². The summed E-state index contributed by atoms with van der Waals surface area (Å²) in [4.78, 5) is 12.8. The monoisotopic (exact) mass is 189 g/mol. The van der Waals surface area contributed by atoms with Crippen molar-refractivity contribution in [2.24, 2.45) is 0 Å². The Morgan fingerprint density at radius 2 is 2.36 bits per heavy atom. The van der Waals surface area contributed by atoms with Gasteiger partial charge in [-0.3, -0.25) is 0 Å². The molecule has 1 aliphatic rings. The van der Waals surface area contributed by atoms with Crippen LogP contribution in [0.3, 0.4) is 0 Å². The van der Waals surface area contributed by atoms with Gasteiger partial charge in [0, 0.05) is 31.6 Å². The van der Waals surface area contributed by atoms with Crippen molar-refractivity contribution in [2.45, 2.75) is 19.3 Å². The number of rotatable bonds is 2. The van der Waals surface area contributed by atoms with Gasteiger partial charge < -0.3 is 9.69 Å². The van der Waals surface area contributed by atoms with Crippen LogP contribution in [0.2, 0.25) is 0 Å². The van der Waals surface area contributed by atoms with Crippen LogP contribution in [-0.4, -0.2) is 19.9 Å². The Bertz CT molecular complexity index is 359. The number of hydrogen-bond acceptors (Lipinski definition) is 2. The molecule has 74 valence electrons. The van der Waals surface area contributed by atoms with Gasteiger partial charge in [0.15, 0.2) is 0 Å². The van der Waals surface area contributed by atoms with Crippen LogP contribution in [0, 0.1) is 0 Å². The Kier molecular flexibility index (Phi) is 2.28. The van der Waals surface area contributed by atoms with Crippen LogP contribution in [0.25, 0.3) is 0 Å². The van der Waals surface area contributed by atoms with E-state index in [9.17, 15) is 4.79 Å². The van der Waals surface area contributed by atoms with Crippen LogP contribution in [0.4, 0.5) is 5.69 Å². The second kappa shape index (κ2) is 3.45. The number of anilines is 1. The van der Waals surface area contributed by atoms with Crippen LogP contribution in [-0.2, 0) is 11.2 Å². The molecule has 0 spiro atoms. The Labute approximate surface area is 84.5 Å². The van der Waals surface area contributed by atoms with E-state index in [2.05, 4.69) is 24.9 Å². The Balaban J connectivity index is 2.50. The first-order valence-corrected chi connectivity index (χ1v) is 5.00. The smallest absolute Gasteiger partial charge is 0.124 e. The highest BCUT2D eigenvalue weighted by molar-refractivity contribution is 5.69. The third-order valence-corrected chi connectivity index (χ3v) is 2.91. The summed E-state index contributed by atoms with van der Waals surface area (Å²) < 4.78 is 0. The SMILES string of the molecule is CC1CN(C)c2c(CC=O)cccc21. The van der Waals surface area contributed by atoms with Crippen LogP contribution in [0.1, 0.15) is 24.0 Å². The van der Waals surface area contributed by atoms with Crippen molar-refractivity contribution in [2.75, 3.05) is 18.5 Å². The minimum Gasteiger partial charge on any atom is -0.374 e. The highest BCUT2D eigenvalue weighted by Gasteiger charge is 2.24. The zero-order chi connectivity index (χ0) is 10.1. The summed E-state index contributed by atoms with van der Waals surface area (Å²) in [5.74, 6) is 0.585. The molecular weight excluding hydrogens is 174 g/mol. The number of carbonyl (C=O) groups is 1. The predicted octanol–water partition coefficient (Wildman–Crippen LogP) is 1.98. The van der Waals surface area contributed by atoms with Gasteiger partial charge >= 0.3 is 0 Å². The number of fused-ring (bicyclic) bond motifs is 1. The fourth-order valence-electron chi connectivity index (χ4n) is 2.33. The number of carbonyl (C=O) groups excluding carboxylic acids is 1. The summed E-state index contributed by atoms with van der Waals surface area (Å²) in [5.41, 5.74) is 3.81. The number of nitrogens with zero attached hydrogens (tertiary/aromatic N) is 1. The lowest BCUT2D eigenvalue weighted by Gasteiger charge is -2.15. The molecule has 0 radical (unpaired) electrons. The van der Waals surface area contributed by atoms with Gasteiger partial charge in [-0.2, -0.15) is 0 Å². The first kappa shape index (κ1) is 9.25. The summed E-state index contributed by atoms with van der Waals surface area (Å²) in [6.07, 6.45) is 1.51. The standard InChI is InChI=1S/C12H15NO/c1-9-8-13(2)12-10(6-7-14)4-3-5-11(9)12/h3-5,7,9H,6,8H2,1-2H3. The molecule has 0 fully saturated rings. The quantitative estimate of drug-likeness (QED) is 0.663. The van der Waals surface area contributed by atoms with Crippen LogP contribution < -0.4 is 4.90 Å². The molecule has 1 aliphatic heterocycles. The second-order valence-corrected chi connectivity index (χ2v) is 4.01. The fraction of sp³-hybridized carbons (Fsp3) is 0.417. The third-order valence-electron chi connectivity index (χ3n) is 2.91. The van der Waals surface area contributed by atoms with E-state index in [4.69, 9.17) is 0 Å². The Hall–Kier alpha value is -1.31. The van der Waals surface area contributed by atoms with Gasteiger partial charge in [-0.25, -0.2) is 0 Å². The lowest BCUT2D eigenvalue weighted by Crippen LogP contribution is -2.15. The minimum atomic E-state index is 0.528. The topological polar surface area (TPSA) is 20.3 Å². The maximum absolute atomic E-state index is 10.5. The van der Waals surface area contributed by atoms with E-state index < -0.39 is 0 Å². The van der Waals surface area contributed by atoms with E-state index in [1.54, 1.807) is 0 Å². The van der Waals surface area contributed by atoms with E-state index in [1.807, 2.05) is 12.1 Å². The molecule has 2 rings (SSSR count). The van der Waals surface area contributed by atoms with Crippen LogP contribution in [0.5, 0.6) is 0 Å². The second-order valence-electron chi connectivity index (χ2n) is 4.01. The molecule has 1 heterocycles. The molecule has 2 heteroatoms. The van der Waals surface area contributed by atoms with Gasteiger partial charge in [0.2, 0.25) is 0 Å². The average Bonchev–Trinajstić information content (AvgIpc) is 2.44. The van der Waals surface area contributed by atoms with Crippen molar-refractivity contribution in [3.05, 3.63) is 29.3 Å². The normalized spacial score (nSPS) is 19.6. The summed E-state index contributed by atoms with van der Waals surface area (Å²) in [5, 5.41) is 0. The van der Waals surface area contributed by atoms with Gasteiger partial charge in [-0.15, -0.1) is 0 Å². The number of benzene rings is 1. The number of aldehydes is 1. The number of likely N-dealkylation sites (N-methyl/N-ethyl adjacent to an activating group) is 1. The van der Waals surface area contributed by atoms with E-state index >= 15 is 0 Å².